The lowest BCUT2D eigenvalue weighted by Gasteiger charge is -2.13. The van der Waals surface area contributed by atoms with Gasteiger partial charge in [0.1, 0.15) is 0 Å². The fraction of sp³-hybridized carbons (Fsp3) is 0.833. The van der Waals surface area contributed by atoms with Gasteiger partial charge in [0.15, 0.2) is 0 Å². The summed E-state index contributed by atoms with van der Waals surface area (Å²) in [6.07, 6.45) is 0. The molecule has 3 nitrogen and oxygen atoms in total. The summed E-state index contributed by atoms with van der Waals surface area (Å²) in [6.45, 7) is 1.93. The number of carboxylic acids is 1. The van der Waals surface area contributed by atoms with E-state index in [4.69, 9.17) is 10.8 Å². The van der Waals surface area contributed by atoms with Crippen LogP contribution >= 0.6 is 11.8 Å². The van der Waals surface area contributed by atoms with Crippen molar-refractivity contribution in [2.24, 2.45) is 5.73 Å². The topological polar surface area (TPSA) is 63.3 Å². The number of nitrogens with two attached hydrogens (primary N) is 1. The van der Waals surface area contributed by atoms with Crippen molar-refractivity contribution in [2.75, 3.05) is 12.3 Å². The number of halogens is 2. The van der Waals surface area contributed by atoms with E-state index in [2.05, 4.69) is 0 Å². The summed E-state index contributed by atoms with van der Waals surface area (Å²) in [4.78, 5) is 9.93. The molecule has 0 amide bonds. The van der Waals surface area contributed by atoms with Crippen LogP contribution in [0.4, 0.5) is 8.78 Å². The van der Waals surface area contributed by atoms with Crippen LogP contribution in [0.1, 0.15) is 6.92 Å². The number of carboxylic acid groups (broad SMARTS) is 1. The van der Waals surface area contributed by atoms with Crippen molar-refractivity contribution in [3.05, 3.63) is 0 Å². The van der Waals surface area contributed by atoms with Gasteiger partial charge in [0.25, 0.3) is 0 Å². The molecular weight excluding hydrogens is 188 g/mol. The molecule has 0 spiro atoms. The molecule has 0 fully saturated rings. The Balaban J connectivity index is 3.83. The Kier molecular flexibility index (Phi) is 4.47. The lowest BCUT2D eigenvalue weighted by atomic mass is 10.4. The summed E-state index contributed by atoms with van der Waals surface area (Å²) in [5.74, 6) is -6.45. The molecule has 0 radical (unpaired) electrons. The molecule has 0 aromatic heterocycles. The van der Waals surface area contributed by atoms with Crippen molar-refractivity contribution in [3.63, 3.8) is 0 Å². The van der Waals surface area contributed by atoms with Crippen LogP contribution in [0, 0.1) is 0 Å². The zero-order chi connectivity index (χ0) is 9.78. The number of thioether (sulfide) groups is 1. The highest BCUT2D eigenvalue weighted by molar-refractivity contribution is 8.00. The molecule has 1 unspecified atom stereocenters. The molecule has 0 rings (SSSR count). The molecular formula is C6H11F2NO2S. The molecule has 0 aromatic carbocycles. The first kappa shape index (κ1) is 11.6. The van der Waals surface area contributed by atoms with Gasteiger partial charge in [-0.15, -0.1) is 0 Å². The van der Waals surface area contributed by atoms with Gasteiger partial charge in [-0.05, 0) is 0 Å². The number of rotatable bonds is 5. The summed E-state index contributed by atoms with van der Waals surface area (Å²) in [5, 5.41) is 7.89. The van der Waals surface area contributed by atoms with Crippen LogP contribution in [-0.2, 0) is 4.79 Å². The second-order valence-electron chi connectivity index (χ2n) is 2.37. The minimum atomic E-state index is -3.64. The van der Waals surface area contributed by atoms with E-state index in [0.717, 1.165) is 11.8 Å². The summed E-state index contributed by atoms with van der Waals surface area (Å²) in [6, 6.07) is 0. The highest BCUT2D eigenvalue weighted by Crippen LogP contribution is 2.22. The maximum absolute atomic E-state index is 12.4. The fourth-order valence-corrected chi connectivity index (χ4v) is 1.13. The predicted octanol–water partition coefficient (Wildman–Crippen LogP) is 0.787. The largest absolute Gasteiger partial charge is 0.477 e. The smallest absolute Gasteiger partial charge is 0.375 e. The van der Waals surface area contributed by atoms with Crippen molar-refractivity contribution in [1.82, 2.24) is 0 Å². The minimum Gasteiger partial charge on any atom is -0.477 e. The lowest BCUT2D eigenvalue weighted by molar-refractivity contribution is -0.161. The average molecular weight is 199 g/mol. The fourth-order valence-electron chi connectivity index (χ4n) is 0.377. The van der Waals surface area contributed by atoms with E-state index >= 15 is 0 Å². The summed E-state index contributed by atoms with van der Waals surface area (Å²) in [5.41, 5.74) is 5.16. The van der Waals surface area contributed by atoms with Crippen LogP contribution in [0.25, 0.3) is 0 Å². The van der Waals surface area contributed by atoms with Crippen LogP contribution in [0.15, 0.2) is 0 Å². The molecule has 0 aliphatic rings. The molecule has 72 valence electrons. The van der Waals surface area contributed by atoms with Crippen molar-refractivity contribution in [1.29, 1.82) is 0 Å². The summed E-state index contributed by atoms with van der Waals surface area (Å²) >= 11 is 0.856. The van der Waals surface area contributed by atoms with Gasteiger partial charge in [0.05, 0.1) is 5.75 Å². The maximum atomic E-state index is 12.4. The van der Waals surface area contributed by atoms with E-state index in [0.29, 0.717) is 0 Å². The van der Waals surface area contributed by atoms with Gasteiger partial charge >= 0.3 is 11.9 Å². The molecule has 0 saturated heterocycles. The molecule has 0 aliphatic heterocycles. The van der Waals surface area contributed by atoms with Crippen LogP contribution in [0.3, 0.4) is 0 Å². The molecule has 0 saturated carbocycles. The van der Waals surface area contributed by atoms with Gasteiger partial charge in [0.2, 0.25) is 0 Å². The molecule has 12 heavy (non-hydrogen) atoms. The van der Waals surface area contributed by atoms with Crippen molar-refractivity contribution < 1.29 is 18.7 Å². The number of hydrogen-bond donors (Lipinski definition) is 2. The number of hydrogen-bond acceptors (Lipinski definition) is 3. The first-order chi connectivity index (χ1) is 5.40. The minimum absolute atomic E-state index is 0.143. The molecule has 6 heteroatoms. The molecule has 0 bridgehead atoms. The van der Waals surface area contributed by atoms with E-state index in [1.165, 1.54) is 0 Å². The quantitative estimate of drug-likeness (QED) is 0.687. The standard InChI is InChI=1S/C6H11F2NO2S/c1-4(2-9)12-3-6(7,8)5(10)11/h4H,2-3,9H2,1H3,(H,10,11). The van der Waals surface area contributed by atoms with Crippen LogP contribution in [0.5, 0.6) is 0 Å². The average Bonchev–Trinajstić information content (AvgIpc) is 2.00. The third kappa shape index (κ3) is 3.87. The first-order valence-electron chi connectivity index (χ1n) is 3.33. The Morgan fingerprint density at radius 1 is 1.75 bits per heavy atom. The molecule has 0 aromatic rings. The van der Waals surface area contributed by atoms with Crippen LogP contribution in [-0.4, -0.2) is 34.5 Å². The number of alkyl halides is 2. The van der Waals surface area contributed by atoms with Crippen molar-refractivity contribution >= 4 is 17.7 Å². The lowest BCUT2D eigenvalue weighted by Crippen LogP contribution is -2.32. The third-order valence-corrected chi connectivity index (χ3v) is 2.48. The van der Waals surface area contributed by atoms with E-state index in [9.17, 15) is 13.6 Å². The molecule has 3 N–H and O–H groups in total. The normalized spacial score (nSPS) is 14.3. The molecule has 0 heterocycles. The SMILES string of the molecule is CC(CN)SCC(F)(F)C(=O)O. The van der Waals surface area contributed by atoms with Crippen LogP contribution < -0.4 is 5.73 Å². The first-order valence-corrected chi connectivity index (χ1v) is 4.38. The van der Waals surface area contributed by atoms with Gasteiger partial charge in [-0.25, -0.2) is 4.79 Å². The van der Waals surface area contributed by atoms with Gasteiger partial charge in [-0.3, -0.25) is 0 Å². The zero-order valence-corrected chi connectivity index (χ0v) is 7.41. The highest BCUT2D eigenvalue weighted by atomic mass is 32.2. The number of aliphatic carboxylic acids is 1. The van der Waals surface area contributed by atoms with Gasteiger partial charge in [-0.2, -0.15) is 20.5 Å². The zero-order valence-electron chi connectivity index (χ0n) is 6.59. The second kappa shape index (κ2) is 4.61. The Bertz CT molecular complexity index is 166. The number of carbonyl (C=O) groups is 1. The Morgan fingerprint density at radius 2 is 2.25 bits per heavy atom. The summed E-state index contributed by atoms with van der Waals surface area (Å²) < 4.78 is 24.8. The highest BCUT2D eigenvalue weighted by Gasteiger charge is 2.38. The van der Waals surface area contributed by atoms with Crippen molar-refractivity contribution in [2.45, 2.75) is 18.1 Å². The summed E-state index contributed by atoms with van der Waals surface area (Å²) in [7, 11) is 0. The molecule has 0 aliphatic carbocycles. The maximum Gasteiger partial charge on any atom is 0.375 e. The monoisotopic (exact) mass is 199 g/mol. The van der Waals surface area contributed by atoms with Gasteiger partial charge < -0.3 is 10.8 Å². The Hall–Kier alpha value is -0.360. The Morgan fingerprint density at radius 3 is 2.58 bits per heavy atom. The van der Waals surface area contributed by atoms with Gasteiger partial charge in [0, 0.05) is 11.8 Å². The van der Waals surface area contributed by atoms with E-state index in [-0.39, 0.29) is 11.8 Å². The van der Waals surface area contributed by atoms with E-state index < -0.39 is 17.6 Å². The Labute approximate surface area is 73.3 Å². The van der Waals surface area contributed by atoms with E-state index in [1.807, 2.05) is 0 Å². The van der Waals surface area contributed by atoms with Crippen molar-refractivity contribution in [3.8, 4) is 0 Å². The second-order valence-corrected chi connectivity index (χ2v) is 3.79. The van der Waals surface area contributed by atoms with Gasteiger partial charge in [-0.1, -0.05) is 6.92 Å². The molecule has 1 atom stereocenters. The third-order valence-electron chi connectivity index (χ3n) is 1.19. The van der Waals surface area contributed by atoms with E-state index in [1.54, 1.807) is 6.92 Å². The van der Waals surface area contributed by atoms with Crippen LogP contribution in [0.2, 0.25) is 0 Å². The predicted molar refractivity (Wildman–Crippen MR) is 43.6 cm³/mol.